The lowest BCUT2D eigenvalue weighted by Gasteiger charge is -2.09. The highest BCUT2D eigenvalue weighted by atomic mass is 35.5. The number of halogens is 1. The molecule has 2 aromatic rings. The van der Waals surface area contributed by atoms with Gasteiger partial charge in [-0.1, -0.05) is 55.8 Å². The maximum Gasteiger partial charge on any atom is 0.0451 e. The van der Waals surface area contributed by atoms with E-state index in [1.54, 1.807) is 0 Å². The summed E-state index contributed by atoms with van der Waals surface area (Å²) in [5.41, 5.74) is 10.5. The van der Waals surface area contributed by atoms with Gasteiger partial charge in [0.05, 0.1) is 0 Å². The summed E-state index contributed by atoms with van der Waals surface area (Å²) >= 11 is 6.10. The Morgan fingerprint density at radius 1 is 1.05 bits per heavy atom. The standard InChI is InChI=1S/C17H20ClN/c1-12(2)8-13-4-3-5-14(9-13)15-6-7-17(18)16(10-15)11-19/h3-7,9-10,12H,8,11,19H2,1-2H3. The second-order valence-corrected chi connectivity index (χ2v) is 5.72. The predicted molar refractivity (Wildman–Crippen MR) is 83.3 cm³/mol. The highest BCUT2D eigenvalue weighted by Crippen LogP contribution is 2.26. The van der Waals surface area contributed by atoms with Crippen LogP contribution in [0.15, 0.2) is 42.5 Å². The lowest BCUT2D eigenvalue weighted by atomic mass is 9.97. The van der Waals surface area contributed by atoms with Gasteiger partial charge in [-0.2, -0.15) is 0 Å². The molecule has 0 aliphatic rings. The van der Waals surface area contributed by atoms with Crippen LogP contribution in [0.1, 0.15) is 25.0 Å². The van der Waals surface area contributed by atoms with E-state index in [1.165, 1.54) is 16.7 Å². The van der Waals surface area contributed by atoms with E-state index >= 15 is 0 Å². The van der Waals surface area contributed by atoms with Gasteiger partial charge in [-0.05, 0) is 46.7 Å². The molecule has 2 N–H and O–H groups in total. The van der Waals surface area contributed by atoms with Gasteiger partial charge in [0, 0.05) is 11.6 Å². The minimum absolute atomic E-state index is 0.471. The van der Waals surface area contributed by atoms with Crippen LogP contribution in [-0.4, -0.2) is 0 Å². The van der Waals surface area contributed by atoms with Crippen molar-refractivity contribution in [3.8, 4) is 11.1 Å². The zero-order valence-corrected chi connectivity index (χ0v) is 12.2. The van der Waals surface area contributed by atoms with Crippen molar-refractivity contribution >= 4 is 11.6 Å². The third-order valence-electron chi connectivity index (χ3n) is 3.17. The van der Waals surface area contributed by atoms with Crippen molar-refractivity contribution in [3.05, 3.63) is 58.6 Å². The molecule has 0 atom stereocenters. The van der Waals surface area contributed by atoms with E-state index in [0.717, 1.165) is 17.0 Å². The SMILES string of the molecule is CC(C)Cc1cccc(-c2ccc(Cl)c(CN)c2)c1. The van der Waals surface area contributed by atoms with Gasteiger partial charge in [0.2, 0.25) is 0 Å². The van der Waals surface area contributed by atoms with Crippen molar-refractivity contribution < 1.29 is 0 Å². The van der Waals surface area contributed by atoms with Gasteiger partial charge in [-0.3, -0.25) is 0 Å². The van der Waals surface area contributed by atoms with Crippen LogP contribution in [-0.2, 0) is 13.0 Å². The minimum atomic E-state index is 0.471. The largest absolute Gasteiger partial charge is 0.326 e. The topological polar surface area (TPSA) is 26.0 Å². The fourth-order valence-electron chi connectivity index (χ4n) is 2.26. The molecule has 0 saturated heterocycles. The van der Waals surface area contributed by atoms with Crippen molar-refractivity contribution in [1.29, 1.82) is 0 Å². The molecule has 0 radical (unpaired) electrons. The average Bonchev–Trinajstić information content (AvgIpc) is 2.39. The summed E-state index contributed by atoms with van der Waals surface area (Å²) in [7, 11) is 0. The molecule has 1 nitrogen and oxygen atoms in total. The van der Waals surface area contributed by atoms with Gasteiger partial charge in [0.15, 0.2) is 0 Å². The molecule has 2 aromatic carbocycles. The van der Waals surface area contributed by atoms with Gasteiger partial charge >= 0.3 is 0 Å². The Labute approximate surface area is 120 Å². The number of nitrogens with two attached hydrogens (primary N) is 1. The van der Waals surface area contributed by atoms with Crippen molar-refractivity contribution in [2.75, 3.05) is 0 Å². The molecule has 100 valence electrons. The first-order valence-electron chi connectivity index (χ1n) is 6.68. The van der Waals surface area contributed by atoms with E-state index in [-0.39, 0.29) is 0 Å². The van der Waals surface area contributed by atoms with E-state index in [4.69, 9.17) is 17.3 Å². The van der Waals surface area contributed by atoms with Gasteiger partial charge in [-0.15, -0.1) is 0 Å². The fourth-order valence-corrected chi connectivity index (χ4v) is 2.45. The Balaban J connectivity index is 2.36. The van der Waals surface area contributed by atoms with Gasteiger partial charge < -0.3 is 5.73 Å². The second-order valence-electron chi connectivity index (χ2n) is 5.31. The molecule has 0 aromatic heterocycles. The van der Waals surface area contributed by atoms with Gasteiger partial charge in [0.25, 0.3) is 0 Å². The summed E-state index contributed by atoms with van der Waals surface area (Å²) in [6.45, 7) is 4.95. The molecule has 2 rings (SSSR count). The third-order valence-corrected chi connectivity index (χ3v) is 3.54. The molecular formula is C17H20ClN. The first-order chi connectivity index (χ1) is 9.10. The van der Waals surface area contributed by atoms with E-state index in [2.05, 4.69) is 50.2 Å². The number of rotatable bonds is 4. The van der Waals surface area contributed by atoms with E-state index < -0.39 is 0 Å². The third kappa shape index (κ3) is 3.59. The Morgan fingerprint density at radius 2 is 1.79 bits per heavy atom. The summed E-state index contributed by atoms with van der Waals surface area (Å²) < 4.78 is 0. The highest BCUT2D eigenvalue weighted by molar-refractivity contribution is 6.31. The van der Waals surface area contributed by atoms with Gasteiger partial charge in [0.1, 0.15) is 0 Å². The van der Waals surface area contributed by atoms with Crippen LogP contribution in [0.3, 0.4) is 0 Å². The first-order valence-corrected chi connectivity index (χ1v) is 7.05. The van der Waals surface area contributed by atoms with Crippen LogP contribution in [0.4, 0.5) is 0 Å². The maximum atomic E-state index is 6.10. The Bertz CT molecular complexity index is 561. The average molecular weight is 274 g/mol. The van der Waals surface area contributed by atoms with Crippen LogP contribution in [0.25, 0.3) is 11.1 Å². The van der Waals surface area contributed by atoms with Gasteiger partial charge in [-0.25, -0.2) is 0 Å². The summed E-state index contributed by atoms with van der Waals surface area (Å²) in [6, 6.07) is 14.7. The Kier molecular flexibility index (Phi) is 4.62. The molecule has 0 fully saturated rings. The maximum absolute atomic E-state index is 6.10. The second kappa shape index (κ2) is 6.23. The molecule has 0 aliphatic heterocycles. The number of benzene rings is 2. The van der Waals surface area contributed by atoms with Crippen LogP contribution in [0.5, 0.6) is 0 Å². The first kappa shape index (κ1) is 14.1. The van der Waals surface area contributed by atoms with Crippen molar-refractivity contribution in [2.45, 2.75) is 26.8 Å². The van der Waals surface area contributed by atoms with Crippen molar-refractivity contribution in [1.82, 2.24) is 0 Å². The molecule has 0 unspecified atom stereocenters. The van der Waals surface area contributed by atoms with Crippen molar-refractivity contribution in [2.24, 2.45) is 11.7 Å². The van der Waals surface area contributed by atoms with Crippen molar-refractivity contribution in [3.63, 3.8) is 0 Å². The quantitative estimate of drug-likeness (QED) is 0.861. The Morgan fingerprint density at radius 3 is 2.47 bits per heavy atom. The van der Waals surface area contributed by atoms with E-state index in [1.807, 2.05) is 6.07 Å². The molecule has 2 heteroatoms. The lowest BCUT2D eigenvalue weighted by Crippen LogP contribution is -1.98. The van der Waals surface area contributed by atoms with Crippen LogP contribution in [0, 0.1) is 5.92 Å². The lowest BCUT2D eigenvalue weighted by molar-refractivity contribution is 0.647. The summed E-state index contributed by atoms with van der Waals surface area (Å²) in [6.07, 6.45) is 1.10. The molecule has 0 saturated carbocycles. The zero-order valence-electron chi connectivity index (χ0n) is 11.5. The normalized spacial score (nSPS) is 11.0. The summed E-state index contributed by atoms with van der Waals surface area (Å²) in [5, 5.41) is 0.740. The highest BCUT2D eigenvalue weighted by Gasteiger charge is 2.04. The predicted octanol–water partition coefficient (Wildman–Crippen LogP) is 4.66. The van der Waals surface area contributed by atoms with E-state index in [0.29, 0.717) is 12.5 Å². The summed E-state index contributed by atoms with van der Waals surface area (Å²) in [4.78, 5) is 0. The Hall–Kier alpha value is -1.31. The van der Waals surface area contributed by atoms with Crippen LogP contribution in [0.2, 0.25) is 5.02 Å². The molecule has 0 spiro atoms. The smallest absolute Gasteiger partial charge is 0.0451 e. The molecule has 0 amide bonds. The van der Waals surface area contributed by atoms with Crippen LogP contribution >= 0.6 is 11.6 Å². The number of hydrogen-bond donors (Lipinski definition) is 1. The summed E-state index contributed by atoms with van der Waals surface area (Å²) in [5.74, 6) is 0.667. The fraction of sp³-hybridized carbons (Fsp3) is 0.294. The van der Waals surface area contributed by atoms with E-state index in [9.17, 15) is 0 Å². The zero-order chi connectivity index (χ0) is 13.8. The molecular weight excluding hydrogens is 254 g/mol. The monoisotopic (exact) mass is 273 g/mol. The minimum Gasteiger partial charge on any atom is -0.326 e. The number of hydrogen-bond acceptors (Lipinski definition) is 1. The molecule has 0 heterocycles. The molecule has 19 heavy (non-hydrogen) atoms. The molecule has 0 bridgehead atoms. The molecule has 0 aliphatic carbocycles. The van der Waals surface area contributed by atoms with Crippen LogP contribution < -0.4 is 5.73 Å².